The molecule has 1 rings (SSSR count). The van der Waals surface area contributed by atoms with E-state index < -0.39 is 17.5 Å². The van der Waals surface area contributed by atoms with Crippen LogP contribution in [0.25, 0.3) is 0 Å². The van der Waals surface area contributed by atoms with Crippen LogP contribution in [-0.2, 0) is 0 Å². The van der Waals surface area contributed by atoms with Crippen LogP contribution in [-0.4, -0.2) is 17.8 Å². The fourth-order valence-electron chi connectivity index (χ4n) is 1.19. The molecule has 1 N–H and O–H groups in total. The van der Waals surface area contributed by atoms with Crippen LogP contribution in [0, 0.1) is 11.6 Å². The number of benzene rings is 1. The standard InChI is InChI=1S/C11H12ClF2NO/c1-2-7(6-12)15-11(16)8-4-3-5-9(13)10(8)14/h3-5,7H,2,6H2,1H3,(H,15,16). The predicted octanol–water partition coefficient (Wildman–Crippen LogP) is 2.71. The van der Waals surface area contributed by atoms with Gasteiger partial charge in [0.2, 0.25) is 0 Å². The van der Waals surface area contributed by atoms with Crippen molar-refractivity contribution >= 4 is 17.5 Å². The molecule has 2 nitrogen and oxygen atoms in total. The number of halogens is 3. The van der Waals surface area contributed by atoms with Crippen LogP contribution in [0.15, 0.2) is 18.2 Å². The van der Waals surface area contributed by atoms with Crippen molar-refractivity contribution in [2.75, 3.05) is 5.88 Å². The van der Waals surface area contributed by atoms with Gasteiger partial charge in [0.15, 0.2) is 11.6 Å². The molecule has 0 saturated carbocycles. The molecule has 1 amide bonds. The van der Waals surface area contributed by atoms with Gasteiger partial charge in [-0.3, -0.25) is 4.79 Å². The molecular weight excluding hydrogens is 236 g/mol. The van der Waals surface area contributed by atoms with Gasteiger partial charge in [0.25, 0.3) is 5.91 Å². The third kappa shape index (κ3) is 2.92. The van der Waals surface area contributed by atoms with Crippen LogP contribution in [0.4, 0.5) is 8.78 Å². The fourth-order valence-corrected chi connectivity index (χ4v) is 1.49. The van der Waals surface area contributed by atoms with Crippen molar-refractivity contribution in [1.82, 2.24) is 5.32 Å². The first-order chi connectivity index (χ1) is 7.60. The van der Waals surface area contributed by atoms with Crippen LogP contribution in [0.3, 0.4) is 0 Å². The Labute approximate surface area is 97.6 Å². The van der Waals surface area contributed by atoms with E-state index in [0.29, 0.717) is 6.42 Å². The smallest absolute Gasteiger partial charge is 0.254 e. The lowest BCUT2D eigenvalue weighted by atomic mass is 10.1. The minimum absolute atomic E-state index is 0.235. The number of alkyl halides is 1. The zero-order valence-electron chi connectivity index (χ0n) is 8.77. The van der Waals surface area contributed by atoms with Crippen molar-refractivity contribution in [2.45, 2.75) is 19.4 Å². The normalized spacial score (nSPS) is 12.2. The molecule has 5 heteroatoms. The van der Waals surface area contributed by atoms with E-state index in [0.717, 1.165) is 6.07 Å². The largest absolute Gasteiger partial charge is 0.348 e. The summed E-state index contributed by atoms with van der Waals surface area (Å²) in [4.78, 5) is 11.6. The van der Waals surface area contributed by atoms with Gasteiger partial charge in [-0.25, -0.2) is 8.78 Å². The zero-order valence-corrected chi connectivity index (χ0v) is 9.52. The average Bonchev–Trinajstić information content (AvgIpc) is 2.29. The van der Waals surface area contributed by atoms with E-state index in [4.69, 9.17) is 11.6 Å². The van der Waals surface area contributed by atoms with Crippen LogP contribution in [0.1, 0.15) is 23.7 Å². The lowest BCUT2D eigenvalue weighted by Crippen LogP contribution is -2.36. The SMILES string of the molecule is CCC(CCl)NC(=O)c1cccc(F)c1F. The minimum Gasteiger partial charge on any atom is -0.348 e. The summed E-state index contributed by atoms with van der Waals surface area (Å²) in [6, 6.07) is 3.24. The quantitative estimate of drug-likeness (QED) is 0.815. The number of hydrogen-bond donors (Lipinski definition) is 1. The average molecular weight is 248 g/mol. The van der Waals surface area contributed by atoms with Gasteiger partial charge in [0.1, 0.15) is 0 Å². The third-order valence-electron chi connectivity index (χ3n) is 2.21. The van der Waals surface area contributed by atoms with Gasteiger partial charge < -0.3 is 5.32 Å². The van der Waals surface area contributed by atoms with Crippen molar-refractivity contribution in [3.8, 4) is 0 Å². The Bertz CT molecular complexity index is 380. The van der Waals surface area contributed by atoms with Crippen molar-refractivity contribution < 1.29 is 13.6 Å². The number of hydrogen-bond acceptors (Lipinski definition) is 1. The van der Waals surface area contributed by atoms with Gasteiger partial charge in [-0.1, -0.05) is 13.0 Å². The molecule has 0 aromatic heterocycles. The van der Waals surface area contributed by atoms with Crippen LogP contribution >= 0.6 is 11.6 Å². The molecule has 88 valence electrons. The van der Waals surface area contributed by atoms with E-state index >= 15 is 0 Å². The van der Waals surface area contributed by atoms with Gasteiger partial charge >= 0.3 is 0 Å². The maximum Gasteiger partial charge on any atom is 0.254 e. The van der Waals surface area contributed by atoms with E-state index in [1.807, 2.05) is 6.92 Å². The first-order valence-corrected chi connectivity index (χ1v) is 5.44. The molecule has 0 aliphatic heterocycles. The van der Waals surface area contributed by atoms with Crippen LogP contribution in [0.2, 0.25) is 0 Å². The molecule has 0 heterocycles. The lowest BCUT2D eigenvalue weighted by Gasteiger charge is -2.13. The van der Waals surface area contributed by atoms with Crippen molar-refractivity contribution in [3.63, 3.8) is 0 Å². The molecule has 0 fully saturated rings. The van der Waals surface area contributed by atoms with Gasteiger partial charge in [-0.2, -0.15) is 0 Å². The first-order valence-electron chi connectivity index (χ1n) is 4.91. The third-order valence-corrected chi connectivity index (χ3v) is 2.58. The Balaban J connectivity index is 2.84. The molecule has 1 unspecified atom stereocenters. The second-order valence-electron chi connectivity index (χ2n) is 3.33. The van der Waals surface area contributed by atoms with Crippen LogP contribution < -0.4 is 5.32 Å². The van der Waals surface area contributed by atoms with Crippen LogP contribution in [0.5, 0.6) is 0 Å². The number of carbonyl (C=O) groups is 1. The molecule has 0 aliphatic rings. The molecule has 1 aromatic carbocycles. The maximum absolute atomic E-state index is 13.2. The molecule has 0 saturated heterocycles. The van der Waals surface area contributed by atoms with E-state index in [-0.39, 0.29) is 17.5 Å². The first kappa shape index (κ1) is 12.9. The summed E-state index contributed by atoms with van der Waals surface area (Å²) in [5, 5.41) is 2.52. The van der Waals surface area contributed by atoms with Gasteiger partial charge in [0, 0.05) is 11.9 Å². The van der Waals surface area contributed by atoms with Crippen molar-refractivity contribution in [2.24, 2.45) is 0 Å². The number of nitrogens with one attached hydrogen (secondary N) is 1. The summed E-state index contributed by atoms with van der Waals surface area (Å²) in [5.74, 6) is -2.58. The summed E-state index contributed by atoms with van der Waals surface area (Å²) in [6.07, 6.45) is 0.631. The topological polar surface area (TPSA) is 29.1 Å². The molecule has 0 radical (unpaired) electrons. The Morgan fingerprint density at radius 3 is 2.75 bits per heavy atom. The highest BCUT2D eigenvalue weighted by molar-refractivity contribution is 6.18. The monoisotopic (exact) mass is 247 g/mol. The maximum atomic E-state index is 13.2. The van der Waals surface area contributed by atoms with Gasteiger partial charge in [-0.05, 0) is 18.6 Å². The summed E-state index contributed by atoms with van der Waals surface area (Å²) in [7, 11) is 0. The zero-order chi connectivity index (χ0) is 12.1. The van der Waals surface area contributed by atoms with E-state index in [1.165, 1.54) is 12.1 Å². The Morgan fingerprint density at radius 2 is 2.19 bits per heavy atom. The molecule has 0 spiro atoms. The molecule has 1 aromatic rings. The summed E-state index contributed by atoms with van der Waals surface area (Å²) in [6.45, 7) is 1.84. The molecule has 16 heavy (non-hydrogen) atoms. The molecule has 0 aliphatic carbocycles. The van der Waals surface area contributed by atoms with E-state index in [9.17, 15) is 13.6 Å². The van der Waals surface area contributed by atoms with E-state index in [2.05, 4.69) is 5.32 Å². The predicted molar refractivity (Wildman–Crippen MR) is 58.6 cm³/mol. The van der Waals surface area contributed by atoms with E-state index in [1.54, 1.807) is 0 Å². The summed E-state index contributed by atoms with van der Waals surface area (Å²) >= 11 is 5.59. The van der Waals surface area contributed by atoms with Gasteiger partial charge in [-0.15, -0.1) is 11.6 Å². The second kappa shape index (κ2) is 5.80. The highest BCUT2D eigenvalue weighted by Crippen LogP contribution is 2.11. The molecule has 0 bridgehead atoms. The highest BCUT2D eigenvalue weighted by atomic mass is 35.5. The number of rotatable bonds is 4. The highest BCUT2D eigenvalue weighted by Gasteiger charge is 2.17. The van der Waals surface area contributed by atoms with Crippen molar-refractivity contribution in [3.05, 3.63) is 35.4 Å². The summed E-state index contributed by atoms with van der Waals surface area (Å²) < 4.78 is 26.1. The van der Waals surface area contributed by atoms with Crippen molar-refractivity contribution in [1.29, 1.82) is 0 Å². The molecular formula is C11H12ClF2NO. The lowest BCUT2D eigenvalue weighted by molar-refractivity contribution is 0.0934. The Hall–Kier alpha value is -1.16. The second-order valence-corrected chi connectivity index (χ2v) is 3.64. The fraction of sp³-hybridized carbons (Fsp3) is 0.364. The number of carbonyl (C=O) groups excluding carboxylic acids is 1. The Kier molecular flexibility index (Phi) is 4.68. The number of amides is 1. The molecule has 1 atom stereocenters. The van der Waals surface area contributed by atoms with Gasteiger partial charge in [0.05, 0.1) is 5.56 Å². The summed E-state index contributed by atoms with van der Waals surface area (Å²) in [5.41, 5.74) is -0.302. The Morgan fingerprint density at radius 1 is 1.50 bits per heavy atom. The minimum atomic E-state index is -1.13.